The number of amides is 2. The number of carbonyl (C=O) groups excluding carboxylic acids is 1. The third-order valence-corrected chi connectivity index (χ3v) is 4.77. The van der Waals surface area contributed by atoms with Crippen molar-refractivity contribution in [3.8, 4) is 5.69 Å². The van der Waals surface area contributed by atoms with E-state index in [0.717, 1.165) is 12.1 Å². The van der Waals surface area contributed by atoms with Gasteiger partial charge in [-0.2, -0.15) is 5.10 Å². The van der Waals surface area contributed by atoms with Gasteiger partial charge in [-0.25, -0.2) is 13.9 Å². The van der Waals surface area contributed by atoms with Crippen LogP contribution in [0.15, 0.2) is 42.7 Å². The summed E-state index contributed by atoms with van der Waals surface area (Å²) >= 11 is 5.91. The Labute approximate surface area is 160 Å². The molecule has 4 rings (SSSR count). The van der Waals surface area contributed by atoms with Gasteiger partial charge in [0.15, 0.2) is 5.82 Å². The Balaban J connectivity index is 1.44. The predicted octanol–water partition coefficient (Wildman–Crippen LogP) is 3.65. The summed E-state index contributed by atoms with van der Waals surface area (Å²) in [6.45, 7) is 3.02. The van der Waals surface area contributed by atoms with E-state index in [-0.39, 0.29) is 17.9 Å². The Morgan fingerprint density at radius 2 is 2.22 bits per heavy atom. The minimum Gasteiger partial charge on any atom is -0.322 e. The quantitative estimate of drug-likeness (QED) is 0.744. The predicted molar refractivity (Wildman–Crippen MR) is 99.7 cm³/mol. The van der Waals surface area contributed by atoms with Crippen LogP contribution in [0.5, 0.6) is 0 Å². The van der Waals surface area contributed by atoms with Crippen LogP contribution >= 0.6 is 11.6 Å². The van der Waals surface area contributed by atoms with Gasteiger partial charge in [-0.15, -0.1) is 5.10 Å². The molecular weight excluding hydrogens is 371 g/mol. The van der Waals surface area contributed by atoms with Gasteiger partial charge in [0.1, 0.15) is 5.82 Å². The second kappa shape index (κ2) is 7.03. The van der Waals surface area contributed by atoms with Gasteiger partial charge in [-0.3, -0.25) is 10.00 Å². The lowest BCUT2D eigenvalue weighted by molar-refractivity contribution is 0.220. The first kappa shape index (κ1) is 17.5. The van der Waals surface area contributed by atoms with Crippen molar-refractivity contribution < 1.29 is 9.18 Å². The summed E-state index contributed by atoms with van der Waals surface area (Å²) in [5, 5.41) is 12.0. The number of urea groups is 1. The molecule has 1 aliphatic heterocycles. The van der Waals surface area contributed by atoms with Crippen LogP contribution in [0, 0.1) is 12.7 Å². The molecule has 2 amide bonds. The molecule has 2 aromatic heterocycles. The topological polar surface area (TPSA) is 68.0 Å². The maximum atomic E-state index is 13.5. The first-order chi connectivity index (χ1) is 13.0. The van der Waals surface area contributed by atoms with E-state index < -0.39 is 0 Å². The molecule has 9 heteroatoms. The number of nitrogens with zero attached hydrogens (tertiary/aromatic N) is 5. The summed E-state index contributed by atoms with van der Waals surface area (Å²) in [5.74, 6) is 0.0853. The van der Waals surface area contributed by atoms with E-state index in [4.69, 9.17) is 11.6 Å². The molecule has 3 heterocycles. The molecule has 27 heavy (non-hydrogen) atoms. The van der Waals surface area contributed by atoms with Crippen molar-refractivity contribution in [2.45, 2.75) is 19.4 Å². The standard InChI is InChI=1S/C18H18ClFN6O/c1-12-7-17(23-26(12)15-4-2-3-14(20)8-15)22-18(27)24-6-5-16(11-24)25-10-13(19)9-21-25/h2-4,7-10,16H,5-6,11H2,1H3,(H,22,23,27)/t16-/m0/s1. The molecule has 0 spiro atoms. The lowest BCUT2D eigenvalue weighted by Crippen LogP contribution is -2.33. The third-order valence-electron chi connectivity index (χ3n) is 4.57. The van der Waals surface area contributed by atoms with Crippen molar-refractivity contribution in [1.29, 1.82) is 0 Å². The summed E-state index contributed by atoms with van der Waals surface area (Å²) in [5.41, 5.74) is 1.39. The van der Waals surface area contributed by atoms with Gasteiger partial charge in [-0.05, 0) is 31.5 Å². The number of likely N-dealkylation sites (tertiary alicyclic amines) is 1. The van der Waals surface area contributed by atoms with Crippen molar-refractivity contribution in [3.63, 3.8) is 0 Å². The maximum absolute atomic E-state index is 13.5. The van der Waals surface area contributed by atoms with Crippen LogP contribution < -0.4 is 5.32 Å². The van der Waals surface area contributed by atoms with Gasteiger partial charge in [0.2, 0.25) is 0 Å². The summed E-state index contributed by atoms with van der Waals surface area (Å²) in [6.07, 6.45) is 4.16. The number of carbonyl (C=O) groups is 1. The van der Waals surface area contributed by atoms with Crippen molar-refractivity contribution in [2.75, 3.05) is 18.4 Å². The van der Waals surface area contributed by atoms with Crippen LogP contribution in [0.2, 0.25) is 5.02 Å². The molecule has 0 saturated carbocycles. The van der Waals surface area contributed by atoms with E-state index in [1.54, 1.807) is 44.9 Å². The molecular formula is C18H18ClFN6O. The fourth-order valence-corrected chi connectivity index (χ4v) is 3.39. The molecule has 140 valence electrons. The molecule has 7 nitrogen and oxygen atoms in total. The van der Waals surface area contributed by atoms with Gasteiger partial charge in [-0.1, -0.05) is 17.7 Å². The van der Waals surface area contributed by atoms with Crippen LogP contribution in [0.4, 0.5) is 15.0 Å². The summed E-state index contributed by atoms with van der Waals surface area (Å²) in [4.78, 5) is 14.3. The smallest absolute Gasteiger partial charge is 0.322 e. The van der Waals surface area contributed by atoms with Crippen LogP contribution in [0.3, 0.4) is 0 Å². The lowest BCUT2D eigenvalue weighted by Gasteiger charge is -2.16. The summed E-state index contributed by atoms with van der Waals surface area (Å²) in [6, 6.07) is 7.79. The number of rotatable bonds is 3. The zero-order valence-corrected chi connectivity index (χ0v) is 15.4. The molecule has 1 fully saturated rings. The number of benzene rings is 1. The van der Waals surface area contributed by atoms with E-state index in [1.165, 1.54) is 12.1 Å². The molecule has 1 N–H and O–H groups in total. The third kappa shape index (κ3) is 3.66. The van der Waals surface area contributed by atoms with Crippen molar-refractivity contribution in [3.05, 3.63) is 59.3 Å². The molecule has 1 aliphatic rings. The lowest BCUT2D eigenvalue weighted by atomic mass is 10.3. The maximum Gasteiger partial charge on any atom is 0.323 e. The van der Waals surface area contributed by atoms with Gasteiger partial charge in [0, 0.05) is 31.0 Å². The molecule has 0 radical (unpaired) electrons. The Morgan fingerprint density at radius 1 is 1.37 bits per heavy atom. The summed E-state index contributed by atoms with van der Waals surface area (Å²) < 4.78 is 16.8. The highest BCUT2D eigenvalue weighted by atomic mass is 35.5. The zero-order chi connectivity index (χ0) is 19.0. The summed E-state index contributed by atoms with van der Waals surface area (Å²) in [7, 11) is 0. The fourth-order valence-electron chi connectivity index (χ4n) is 3.25. The number of halogens is 2. The SMILES string of the molecule is Cc1cc(NC(=O)N2CC[C@H](n3cc(Cl)cn3)C2)nn1-c1cccc(F)c1. The number of hydrogen-bond donors (Lipinski definition) is 1. The first-order valence-electron chi connectivity index (χ1n) is 8.58. The van der Waals surface area contributed by atoms with E-state index in [9.17, 15) is 9.18 Å². The van der Waals surface area contributed by atoms with Gasteiger partial charge in [0.25, 0.3) is 0 Å². The second-order valence-electron chi connectivity index (χ2n) is 6.52. The largest absolute Gasteiger partial charge is 0.323 e. The van der Waals surface area contributed by atoms with Gasteiger partial charge >= 0.3 is 6.03 Å². The number of aromatic nitrogens is 4. The number of nitrogens with one attached hydrogen (secondary N) is 1. The van der Waals surface area contributed by atoms with Crippen LogP contribution in [-0.4, -0.2) is 43.6 Å². The van der Waals surface area contributed by atoms with E-state index in [1.807, 2.05) is 6.92 Å². The molecule has 1 saturated heterocycles. The van der Waals surface area contributed by atoms with Crippen molar-refractivity contribution in [2.24, 2.45) is 0 Å². The molecule has 0 bridgehead atoms. The van der Waals surface area contributed by atoms with E-state index in [2.05, 4.69) is 15.5 Å². The van der Waals surface area contributed by atoms with E-state index >= 15 is 0 Å². The molecule has 1 aromatic carbocycles. The Bertz CT molecular complexity index is 984. The minimum absolute atomic E-state index is 0.106. The second-order valence-corrected chi connectivity index (χ2v) is 6.96. The van der Waals surface area contributed by atoms with Gasteiger partial charge < -0.3 is 4.90 Å². The average Bonchev–Trinajstić information content (AvgIpc) is 3.34. The highest BCUT2D eigenvalue weighted by molar-refractivity contribution is 6.30. The number of hydrogen-bond acceptors (Lipinski definition) is 3. The van der Waals surface area contributed by atoms with Crippen LogP contribution in [0.1, 0.15) is 18.2 Å². The molecule has 0 unspecified atom stereocenters. The number of aryl methyl sites for hydroxylation is 1. The normalized spacial score (nSPS) is 16.7. The fraction of sp³-hybridized carbons (Fsp3) is 0.278. The van der Waals surface area contributed by atoms with Gasteiger partial charge in [0.05, 0.1) is 22.9 Å². The number of anilines is 1. The first-order valence-corrected chi connectivity index (χ1v) is 8.95. The molecule has 1 atom stereocenters. The van der Waals surface area contributed by atoms with Crippen molar-refractivity contribution >= 4 is 23.4 Å². The highest BCUT2D eigenvalue weighted by Gasteiger charge is 2.28. The molecule has 0 aliphatic carbocycles. The Hall–Kier alpha value is -2.87. The monoisotopic (exact) mass is 388 g/mol. The molecule has 3 aromatic rings. The van der Waals surface area contributed by atoms with Crippen molar-refractivity contribution in [1.82, 2.24) is 24.5 Å². The average molecular weight is 389 g/mol. The minimum atomic E-state index is -0.338. The Kier molecular flexibility index (Phi) is 4.57. The van der Waals surface area contributed by atoms with E-state index in [0.29, 0.717) is 29.6 Å². The Morgan fingerprint density at radius 3 is 2.96 bits per heavy atom. The van der Waals surface area contributed by atoms with Crippen LogP contribution in [0.25, 0.3) is 5.69 Å². The zero-order valence-electron chi connectivity index (χ0n) is 14.6. The highest BCUT2D eigenvalue weighted by Crippen LogP contribution is 2.23. The van der Waals surface area contributed by atoms with Crippen LogP contribution in [-0.2, 0) is 0 Å².